The maximum atomic E-state index is 12.7. The van der Waals surface area contributed by atoms with E-state index in [-0.39, 0.29) is 12.1 Å². The number of pyridine rings is 1. The van der Waals surface area contributed by atoms with Crippen LogP contribution in [0.25, 0.3) is 21.8 Å². The summed E-state index contributed by atoms with van der Waals surface area (Å²) in [7, 11) is 0. The molecular weight excluding hydrogens is 254 g/mol. The van der Waals surface area contributed by atoms with Crippen LogP contribution in [0.3, 0.4) is 0 Å². The van der Waals surface area contributed by atoms with E-state index in [9.17, 15) is 4.79 Å². The van der Waals surface area contributed by atoms with Gasteiger partial charge in [-0.3, -0.25) is 9.89 Å². The molecule has 5 N–H and O–H groups in total. The van der Waals surface area contributed by atoms with Crippen LogP contribution >= 0.6 is 0 Å². The molecule has 0 aliphatic heterocycles. The minimum atomic E-state index is -0.0543. The van der Waals surface area contributed by atoms with Crippen LogP contribution in [0.15, 0.2) is 29.1 Å². The molecule has 3 aromatic rings. The maximum absolute atomic E-state index is 12.7. The first-order chi connectivity index (χ1) is 9.77. The normalized spacial score (nSPS) is 11.5. The summed E-state index contributed by atoms with van der Waals surface area (Å²) in [4.78, 5) is 12.7. The van der Waals surface area contributed by atoms with Crippen LogP contribution in [-0.2, 0) is 13.1 Å². The monoisotopic (exact) mass is 271 g/mol. The van der Waals surface area contributed by atoms with E-state index in [2.05, 4.69) is 10.2 Å². The number of nitrogens with one attached hydrogen (secondary N) is 1. The standard InChI is InChI=1S/C14H17N5O/c15-6-3-7-19-11-5-2-1-4-9(11)13-12(14(19)20)10(8-16)17-18-13/h1-2,4-5H,3,6-8,15-16H2,(H,17,18). The summed E-state index contributed by atoms with van der Waals surface area (Å²) in [5.74, 6) is 0. The molecule has 6 nitrogen and oxygen atoms in total. The van der Waals surface area contributed by atoms with E-state index < -0.39 is 0 Å². The zero-order chi connectivity index (χ0) is 14.1. The van der Waals surface area contributed by atoms with Crippen LogP contribution in [-0.4, -0.2) is 21.3 Å². The van der Waals surface area contributed by atoms with Crippen LogP contribution < -0.4 is 17.0 Å². The van der Waals surface area contributed by atoms with Gasteiger partial charge in [0, 0.05) is 18.5 Å². The first-order valence-corrected chi connectivity index (χ1v) is 6.66. The Morgan fingerprint density at radius 1 is 1.25 bits per heavy atom. The van der Waals surface area contributed by atoms with Crippen molar-refractivity contribution in [3.8, 4) is 0 Å². The number of nitrogens with zero attached hydrogens (tertiary/aromatic N) is 2. The van der Waals surface area contributed by atoms with Gasteiger partial charge in [-0.1, -0.05) is 18.2 Å². The van der Waals surface area contributed by atoms with E-state index in [0.29, 0.717) is 29.7 Å². The highest BCUT2D eigenvalue weighted by Gasteiger charge is 2.15. The number of nitrogens with two attached hydrogens (primary N) is 2. The van der Waals surface area contributed by atoms with Crippen molar-refractivity contribution in [1.82, 2.24) is 14.8 Å². The van der Waals surface area contributed by atoms with Gasteiger partial charge in [0.25, 0.3) is 5.56 Å². The molecule has 2 heterocycles. The summed E-state index contributed by atoms with van der Waals surface area (Å²) < 4.78 is 1.76. The number of aromatic nitrogens is 3. The Morgan fingerprint density at radius 3 is 2.80 bits per heavy atom. The minimum Gasteiger partial charge on any atom is -0.330 e. The molecule has 3 rings (SSSR count). The molecular formula is C14H17N5O. The fourth-order valence-corrected chi connectivity index (χ4v) is 2.58. The molecule has 0 saturated carbocycles. The van der Waals surface area contributed by atoms with Crippen molar-refractivity contribution in [2.24, 2.45) is 11.5 Å². The van der Waals surface area contributed by atoms with E-state index in [4.69, 9.17) is 11.5 Å². The Balaban J connectivity index is 2.43. The summed E-state index contributed by atoms with van der Waals surface area (Å²) in [6.07, 6.45) is 0.755. The number of aromatic amines is 1. The van der Waals surface area contributed by atoms with Gasteiger partial charge in [0.1, 0.15) is 5.52 Å². The average Bonchev–Trinajstić information content (AvgIpc) is 2.91. The third-order valence-corrected chi connectivity index (χ3v) is 3.54. The Morgan fingerprint density at radius 2 is 2.05 bits per heavy atom. The fourth-order valence-electron chi connectivity index (χ4n) is 2.58. The van der Waals surface area contributed by atoms with E-state index in [1.54, 1.807) is 4.57 Å². The molecule has 0 bridgehead atoms. The van der Waals surface area contributed by atoms with Crippen molar-refractivity contribution in [2.75, 3.05) is 6.54 Å². The highest BCUT2D eigenvalue weighted by Crippen LogP contribution is 2.22. The lowest BCUT2D eigenvalue weighted by Crippen LogP contribution is -2.23. The molecule has 6 heteroatoms. The maximum Gasteiger partial charge on any atom is 0.262 e. The lowest BCUT2D eigenvalue weighted by atomic mass is 10.1. The third kappa shape index (κ3) is 1.81. The summed E-state index contributed by atoms with van der Waals surface area (Å²) >= 11 is 0. The van der Waals surface area contributed by atoms with Crippen molar-refractivity contribution < 1.29 is 0 Å². The largest absolute Gasteiger partial charge is 0.330 e. The predicted molar refractivity (Wildman–Crippen MR) is 79.4 cm³/mol. The van der Waals surface area contributed by atoms with Gasteiger partial charge in [0.05, 0.1) is 16.6 Å². The summed E-state index contributed by atoms with van der Waals surface area (Å²) in [6, 6.07) is 7.76. The lowest BCUT2D eigenvalue weighted by molar-refractivity contribution is 0.653. The third-order valence-electron chi connectivity index (χ3n) is 3.54. The quantitative estimate of drug-likeness (QED) is 0.649. The highest BCUT2D eigenvalue weighted by molar-refractivity contribution is 6.03. The van der Waals surface area contributed by atoms with Gasteiger partial charge >= 0.3 is 0 Å². The SMILES string of the molecule is NCCCn1c(=O)c2c(CN)[nH]nc2c2ccccc21. The number of hydrogen-bond donors (Lipinski definition) is 3. The molecule has 1 aromatic carbocycles. The molecule has 0 fully saturated rings. The van der Waals surface area contributed by atoms with E-state index in [0.717, 1.165) is 17.3 Å². The van der Waals surface area contributed by atoms with Crippen molar-refractivity contribution in [3.63, 3.8) is 0 Å². The second kappa shape index (κ2) is 5.07. The number of para-hydroxylation sites is 1. The Kier molecular flexibility index (Phi) is 3.25. The average molecular weight is 271 g/mol. The van der Waals surface area contributed by atoms with Gasteiger partial charge in [-0.15, -0.1) is 0 Å². The van der Waals surface area contributed by atoms with Crippen molar-refractivity contribution >= 4 is 21.8 Å². The zero-order valence-electron chi connectivity index (χ0n) is 11.1. The number of hydrogen-bond acceptors (Lipinski definition) is 4. The minimum absolute atomic E-state index is 0.0543. The molecule has 0 atom stereocenters. The van der Waals surface area contributed by atoms with Crippen LogP contribution in [0.2, 0.25) is 0 Å². The number of fused-ring (bicyclic) bond motifs is 3. The molecule has 0 radical (unpaired) electrons. The lowest BCUT2D eigenvalue weighted by Gasteiger charge is -2.10. The smallest absolute Gasteiger partial charge is 0.262 e. The van der Waals surface area contributed by atoms with Crippen LogP contribution in [0.5, 0.6) is 0 Å². The topological polar surface area (TPSA) is 103 Å². The number of benzene rings is 1. The van der Waals surface area contributed by atoms with Gasteiger partial charge in [0.15, 0.2) is 0 Å². The molecule has 0 amide bonds. The predicted octanol–water partition coefficient (Wildman–Crippen LogP) is 0.685. The molecule has 2 aromatic heterocycles. The summed E-state index contributed by atoms with van der Waals surface area (Å²) in [6.45, 7) is 1.41. The van der Waals surface area contributed by atoms with Crippen molar-refractivity contribution in [1.29, 1.82) is 0 Å². The Labute approximate surface area is 115 Å². The van der Waals surface area contributed by atoms with Gasteiger partial charge in [-0.2, -0.15) is 5.10 Å². The first-order valence-electron chi connectivity index (χ1n) is 6.66. The van der Waals surface area contributed by atoms with Crippen molar-refractivity contribution in [3.05, 3.63) is 40.3 Å². The molecule has 0 aliphatic rings. The highest BCUT2D eigenvalue weighted by atomic mass is 16.1. The van der Waals surface area contributed by atoms with Crippen LogP contribution in [0.4, 0.5) is 0 Å². The molecule has 0 spiro atoms. The van der Waals surface area contributed by atoms with Crippen LogP contribution in [0.1, 0.15) is 12.1 Å². The Bertz CT molecular complexity index is 817. The summed E-state index contributed by atoms with van der Waals surface area (Å²) in [5.41, 5.74) is 13.4. The molecule has 0 saturated heterocycles. The second-order valence-electron chi connectivity index (χ2n) is 4.75. The fraction of sp³-hybridized carbons (Fsp3) is 0.286. The van der Waals surface area contributed by atoms with Gasteiger partial charge in [-0.25, -0.2) is 0 Å². The molecule has 0 aliphatic carbocycles. The van der Waals surface area contributed by atoms with Gasteiger partial charge in [-0.05, 0) is 19.0 Å². The van der Waals surface area contributed by atoms with Gasteiger partial charge < -0.3 is 16.0 Å². The van der Waals surface area contributed by atoms with Crippen LogP contribution in [0, 0.1) is 0 Å². The van der Waals surface area contributed by atoms with Gasteiger partial charge in [0.2, 0.25) is 0 Å². The van der Waals surface area contributed by atoms with E-state index in [1.807, 2.05) is 24.3 Å². The number of rotatable bonds is 4. The van der Waals surface area contributed by atoms with E-state index in [1.165, 1.54) is 0 Å². The summed E-state index contributed by atoms with van der Waals surface area (Å²) in [5, 5.41) is 8.66. The zero-order valence-corrected chi connectivity index (χ0v) is 11.1. The number of aryl methyl sites for hydroxylation is 1. The molecule has 20 heavy (non-hydrogen) atoms. The second-order valence-corrected chi connectivity index (χ2v) is 4.75. The van der Waals surface area contributed by atoms with E-state index >= 15 is 0 Å². The molecule has 104 valence electrons. The number of H-pyrrole nitrogens is 1. The molecule has 0 unspecified atom stereocenters. The van der Waals surface area contributed by atoms with Crippen molar-refractivity contribution in [2.45, 2.75) is 19.5 Å². The Hall–Kier alpha value is -2.18. The first kappa shape index (κ1) is 12.8.